The molecule has 1 aromatic heterocycles. The number of carbonyl (C=O) groups is 2. The molecule has 1 aromatic rings. The summed E-state index contributed by atoms with van der Waals surface area (Å²) in [7, 11) is 1.86. The Morgan fingerprint density at radius 3 is 2.62 bits per heavy atom. The van der Waals surface area contributed by atoms with Gasteiger partial charge in [0, 0.05) is 52.9 Å². The Morgan fingerprint density at radius 2 is 1.81 bits per heavy atom. The van der Waals surface area contributed by atoms with Crippen LogP contribution in [0.1, 0.15) is 29.8 Å². The number of amides is 2. The van der Waals surface area contributed by atoms with Gasteiger partial charge in [0.15, 0.2) is 0 Å². The summed E-state index contributed by atoms with van der Waals surface area (Å²) in [6, 6.07) is -0.134. The van der Waals surface area contributed by atoms with Crippen molar-refractivity contribution in [1.29, 1.82) is 0 Å². The second-order valence-corrected chi connectivity index (χ2v) is 7.37. The van der Waals surface area contributed by atoms with Gasteiger partial charge in [-0.25, -0.2) is 4.98 Å². The Kier molecular flexibility index (Phi) is 4.76. The maximum atomic E-state index is 12.7. The minimum Gasteiger partial charge on any atom is -0.352 e. The van der Waals surface area contributed by atoms with Crippen molar-refractivity contribution in [2.75, 3.05) is 57.8 Å². The molecular weight excluding hydrogens is 332 g/mol. The topological polar surface area (TPSA) is 72.9 Å². The number of rotatable bonds is 2. The number of nitrogens with zero attached hydrogens (tertiary/aromatic N) is 6. The Morgan fingerprint density at radius 1 is 1.04 bits per heavy atom. The van der Waals surface area contributed by atoms with E-state index in [1.165, 1.54) is 6.42 Å². The summed E-state index contributed by atoms with van der Waals surface area (Å²) in [4.78, 5) is 42.0. The Bertz CT molecular complexity index is 690. The third-order valence-electron chi connectivity index (χ3n) is 5.68. The molecule has 4 rings (SSSR count). The van der Waals surface area contributed by atoms with Crippen LogP contribution in [-0.4, -0.2) is 95.4 Å². The molecule has 0 saturated carbocycles. The zero-order chi connectivity index (χ0) is 18.1. The molecule has 140 valence electrons. The number of hydrogen-bond donors (Lipinski definition) is 0. The highest BCUT2D eigenvalue weighted by Crippen LogP contribution is 2.21. The van der Waals surface area contributed by atoms with Crippen molar-refractivity contribution in [3.63, 3.8) is 0 Å². The van der Waals surface area contributed by atoms with Crippen LogP contribution >= 0.6 is 0 Å². The molecule has 3 fully saturated rings. The fraction of sp³-hybridized carbons (Fsp3) is 0.667. The van der Waals surface area contributed by atoms with Gasteiger partial charge in [-0.3, -0.25) is 19.5 Å². The average Bonchev–Trinajstić information content (AvgIpc) is 2.71. The minimum absolute atomic E-state index is 0.0360. The number of likely N-dealkylation sites (N-methyl/N-ethyl adjacent to an activating group) is 1. The van der Waals surface area contributed by atoms with Crippen molar-refractivity contribution < 1.29 is 9.59 Å². The summed E-state index contributed by atoms with van der Waals surface area (Å²) in [6.07, 6.45) is 6.54. The zero-order valence-electron chi connectivity index (χ0n) is 15.3. The van der Waals surface area contributed by atoms with E-state index in [0.29, 0.717) is 18.1 Å². The van der Waals surface area contributed by atoms with Gasteiger partial charge in [0.25, 0.3) is 5.91 Å². The van der Waals surface area contributed by atoms with E-state index < -0.39 is 0 Å². The monoisotopic (exact) mass is 358 g/mol. The normalized spacial score (nSPS) is 24.6. The van der Waals surface area contributed by atoms with Gasteiger partial charge in [0.05, 0.1) is 12.4 Å². The van der Waals surface area contributed by atoms with Crippen molar-refractivity contribution in [3.05, 3.63) is 18.1 Å². The molecule has 0 bridgehead atoms. The number of carbonyl (C=O) groups excluding carboxylic acids is 2. The lowest BCUT2D eigenvalue weighted by atomic mass is 10.1. The predicted molar refractivity (Wildman–Crippen MR) is 97.0 cm³/mol. The second kappa shape index (κ2) is 7.19. The van der Waals surface area contributed by atoms with Gasteiger partial charge in [-0.1, -0.05) is 0 Å². The van der Waals surface area contributed by atoms with E-state index in [1.807, 2.05) is 11.9 Å². The number of hydrogen-bond acceptors (Lipinski definition) is 6. The van der Waals surface area contributed by atoms with Gasteiger partial charge in [-0.2, -0.15) is 0 Å². The van der Waals surface area contributed by atoms with Crippen LogP contribution in [0, 0.1) is 0 Å². The summed E-state index contributed by atoms with van der Waals surface area (Å²) in [5.74, 6) is 0.814. The number of anilines is 1. The molecule has 4 heterocycles. The highest BCUT2D eigenvalue weighted by atomic mass is 16.2. The number of fused-ring (bicyclic) bond motifs is 1. The number of piperazine rings is 2. The molecule has 2 amide bonds. The lowest BCUT2D eigenvalue weighted by Gasteiger charge is -2.45. The van der Waals surface area contributed by atoms with Gasteiger partial charge in [0.1, 0.15) is 17.6 Å². The fourth-order valence-electron chi connectivity index (χ4n) is 4.04. The molecule has 0 N–H and O–H groups in total. The highest BCUT2D eigenvalue weighted by Gasteiger charge is 2.37. The Balaban J connectivity index is 1.49. The summed E-state index contributed by atoms with van der Waals surface area (Å²) in [5.41, 5.74) is 0.402. The second-order valence-electron chi connectivity index (χ2n) is 7.37. The molecule has 0 aliphatic carbocycles. The van der Waals surface area contributed by atoms with Crippen LogP contribution in [0.3, 0.4) is 0 Å². The standard InChI is InChI=1S/C18H26N6O2/c1-21-7-8-22-9-10-24(13-15(22)18(21)26)16-12-19-11-14(20-16)17(25)23-5-3-2-4-6-23/h11-12,15H,2-10,13H2,1H3. The SMILES string of the molecule is CN1CCN2CCN(c3cncc(C(=O)N4CCCCC4)n3)CC2C1=O. The van der Waals surface area contributed by atoms with Crippen LogP contribution in [0.5, 0.6) is 0 Å². The highest BCUT2D eigenvalue weighted by molar-refractivity contribution is 5.92. The van der Waals surface area contributed by atoms with E-state index in [-0.39, 0.29) is 17.9 Å². The van der Waals surface area contributed by atoms with Crippen LogP contribution in [0.25, 0.3) is 0 Å². The lowest BCUT2D eigenvalue weighted by Crippen LogP contribution is -2.64. The zero-order valence-corrected chi connectivity index (χ0v) is 15.3. The summed E-state index contributed by atoms with van der Waals surface area (Å²) >= 11 is 0. The first kappa shape index (κ1) is 17.2. The molecule has 0 radical (unpaired) electrons. The van der Waals surface area contributed by atoms with E-state index >= 15 is 0 Å². The first-order chi connectivity index (χ1) is 12.6. The first-order valence-electron chi connectivity index (χ1n) is 9.49. The Labute approximate surface area is 153 Å². The number of aromatic nitrogens is 2. The van der Waals surface area contributed by atoms with Crippen molar-refractivity contribution in [1.82, 2.24) is 24.7 Å². The summed E-state index contributed by atoms with van der Waals surface area (Å²) < 4.78 is 0. The maximum Gasteiger partial charge on any atom is 0.274 e. The van der Waals surface area contributed by atoms with Crippen LogP contribution in [0.2, 0.25) is 0 Å². The Hall–Kier alpha value is -2.22. The first-order valence-corrected chi connectivity index (χ1v) is 9.49. The molecule has 8 heteroatoms. The lowest BCUT2D eigenvalue weighted by molar-refractivity contribution is -0.140. The van der Waals surface area contributed by atoms with Crippen LogP contribution < -0.4 is 4.90 Å². The predicted octanol–water partition coefficient (Wildman–Crippen LogP) is 0.0653. The van der Waals surface area contributed by atoms with E-state index in [0.717, 1.165) is 52.1 Å². The van der Waals surface area contributed by atoms with Gasteiger partial charge in [-0.15, -0.1) is 0 Å². The summed E-state index contributed by atoms with van der Waals surface area (Å²) in [6.45, 7) is 5.52. The van der Waals surface area contributed by atoms with Gasteiger partial charge >= 0.3 is 0 Å². The molecule has 0 spiro atoms. The third kappa shape index (κ3) is 3.25. The van der Waals surface area contributed by atoms with E-state index in [4.69, 9.17) is 0 Å². The largest absolute Gasteiger partial charge is 0.352 e. The molecule has 26 heavy (non-hydrogen) atoms. The van der Waals surface area contributed by atoms with Crippen LogP contribution in [0.15, 0.2) is 12.4 Å². The molecule has 3 saturated heterocycles. The molecule has 1 atom stereocenters. The molecule has 3 aliphatic heterocycles. The fourth-order valence-corrected chi connectivity index (χ4v) is 4.04. The van der Waals surface area contributed by atoms with Crippen molar-refractivity contribution in [3.8, 4) is 0 Å². The van der Waals surface area contributed by atoms with Crippen LogP contribution in [0.4, 0.5) is 5.82 Å². The number of piperidine rings is 1. The smallest absolute Gasteiger partial charge is 0.274 e. The summed E-state index contributed by atoms with van der Waals surface area (Å²) in [5, 5.41) is 0. The van der Waals surface area contributed by atoms with E-state index in [9.17, 15) is 9.59 Å². The van der Waals surface area contributed by atoms with Gasteiger partial charge in [-0.05, 0) is 19.3 Å². The molecular formula is C18H26N6O2. The van der Waals surface area contributed by atoms with Crippen LogP contribution in [-0.2, 0) is 4.79 Å². The average molecular weight is 358 g/mol. The van der Waals surface area contributed by atoms with Crippen molar-refractivity contribution >= 4 is 17.6 Å². The number of likely N-dealkylation sites (tertiary alicyclic amines) is 1. The third-order valence-corrected chi connectivity index (χ3v) is 5.68. The molecule has 3 aliphatic rings. The quantitative estimate of drug-likeness (QED) is 0.745. The molecule has 0 aromatic carbocycles. The molecule has 1 unspecified atom stereocenters. The van der Waals surface area contributed by atoms with E-state index in [2.05, 4.69) is 19.8 Å². The minimum atomic E-state index is -0.134. The van der Waals surface area contributed by atoms with Gasteiger partial charge < -0.3 is 14.7 Å². The molecule has 8 nitrogen and oxygen atoms in total. The maximum absolute atomic E-state index is 12.7. The van der Waals surface area contributed by atoms with E-state index in [1.54, 1.807) is 17.3 Å². The van der Waals surface area contributed by atoms with Crippen molar-refractivity contribution in [2.45, 2.75) is 25.3 Å². The van der Waals surface area contributed by atoms with Gasteiger partial charge in [0.2, 0.25) is 5.91 Å². The van der Waals surface area contributed by atoms with Crippen molar-refractivity contribution in [2.24, 2.45) is 0 Å².